The maximum atomic E-state index is 13.1. The van der Waals surface area contributed by atoms with E-state index in [4.69, 9.17) is 16.7 Å². The summed E-state index contributed by atoms with van der Waals surface area (Å²) >= 11 is 6.92. The van der Waals surface area contributed by atoms with Crippen LogP contribution >= 0.6 is 22.9 Å². The fourth-order valence-electron chi connectivity index (χ4n) is 4.26. The molecule has 33 heavy (non-hydrogen) atoms. The first-order valence-electron chi connectivity index (χ1n) is 10.4. The van der Waals surface area contributed by atoms with E-state index in [1.165, 1.54) is 16.9 Å². The van der Waals surface area contributed by atoms with Crippen LogP contribution in [0.2, 0.25) is 5.02 Å². The largest absolute Gasteiger partial charge is 0.481 e. The van der Waals surface area contributed by atoms with Gasteiger partial charge in [0.2, 0.25) is 0 Å². The zero-order valence-electron chi connectivity index (χ0n) is 17.4. The third-order valence-corrected chi connectivity index (χ3v) is 7.33. The summed E-state index contributed by atoms with van der Waals surface area (Å²) in [5, 5.41) is 17.2. The molecular formula is C22H21ClF3N3O3S. The monoisotopic (exact) mass is 499 g/mol. The number of carbonyl (C=O) groups excluding carboxylic acids is 1. The molecule has 0 spiro atoms. The Morgan fingerprint density at radius 3 is 2.55 bits per heavy atom. The number of aromatic nitrogens is 2. The van der Waals surface area contributed by atoms with Gasteiger partial charge in [-0.15, -0.1) is 11.3 Å². The number of carboxylic acid groups (broad SMARTS) is 1. The second-order valence-corrected chi connectivity index (χ2v) is 9.79. The van der Waals surface area contributed by atoms with Gasteiger partial charge in [-0.3, -0.25) is 14.3 Å². The number of hydrogen-bond acceptors (Lipinski definition) is 4. The summed E-state index contributed by atoms with van der Waals surface area (Å²) in [7, 11) is 0. The highest BCUT2D eigenvalue weighted by atomic mass is 35.5. The van der Waals surface area contributed by atoms with Gasteiger partial charge in [0, 0.05) is 22.7 Å². The quantitative estimate of drug-likeness (QED) is 0.463. The van der Waals surface area contributed by atoms with Crippen LogP contribution in [0.15, 0.2) is 30.5 Å². The van der Waals surface area contributed by atoms with E-state index in [0.29, 0.717) is 50.5 Å². The van der Waals surface area contributed by atoms with Gasteiger partial charge in [-0.25, -0.2) is 0 Å². The fourth-order valence-corrected chi connectivity index (χ4v) is 5.31. The number of amides is 1. The molecule has 0 atom stereocenters. The summed E-state index contributed by atoms with van der Waals surface area (Å²) in [6.07, 6.45) is 0.0631. The summed E-state index contributed by atoms with van der Waals surface area (Å²) in [5.41, 5.74) is 0.800. The van der Waals surface area contributed by atoms with E-state index < -0.39 is 17.0 Å². The average Bonchev–Trinajstić information content (AvgIpc) is 3.38. The predicted molar refractivity (Wildman–Crippen MR) is 119 cm³/mol. The number of carbonyl (C=O) groups is 2. The Hall–Kier alpha value is -2.59. The highest BCUT2D eigenvalue weighted by Crippen LogP contribution is 2.35. The molecule has 0 aliphatic heterocycles. The van der Waals surface area contributed by atoms with Crippen LogP contribution in [0.1, 0.15) is 52.2 Å². The highest BCUT2D eigenvalue weighted by molar-refractivity contribution is 7.12. The van der Waals surface area contributed by atoms with Gasteiger partial charge in [-0.1, -0.05) is 11.6 Å². The molecule has 1 fully saturated rings. The molecule has 1 amide bonds. The van der Waals surface area contributed by atoms with Crippen molar-refractivity contribution < 1.29 is 27.9 Å². The molecule has 2 N–H and O–H groups in total. The maximum absolute atomic E-state index is 13.1. The number of carboxylic acids is 1. The van der Waals surface area contributed by atoms with E-state index in [9.17, 15) is 22.8 Å². The van der Waals surface area contributed by atoms with Crippen molar-refractivity contribution in [3.8, 4) is 0 Å². The second-order valence-electron chi connectivity index (χ2n) is 8.21. The normalized spacial score (nSPS) is 19.0. The molecule has 4 rings (SSSR count). The second kappa shape index (κ2) is 9.34. The summed E-state index contributed by atoms with van der Waals surface area (Å²) in [6, 6.07) is 5.55. The molecule has 0 saturated heterocycles. The lowest BCUT2D eigenvalue weighted by atomic mass is 9.84. The van der Waals surface area contributed by atoms with E-state index in [2.05, 4.69) is 10.4 Å². The molecule has 1 saturated carbocycles. The Labute approximate surface area is 196 Å². The minimum absolute atomic E-state index is 0.0729. The Kier molecular flexibility index (Phi) is 6.67. The van der Waals surface area contributed by atoms with Crippen LogP contribution < -0.4 is 5.32 Å². The smallest absolute Gasteiger partial charge is 0.425 e. The van der Waals surface area contributed by atoms with Gasteiger partial charge < -0.3 is 10.4 Å². The first-order chi connectivity index (χ1) is 15.6. The Morgan fingerprint density at radius 1 is 1.18 bits per heavy atom. The Balaban J connectivity index is 1.54. The zero-order valence-corrected chi connectivity index (χ0v) is 18.9. The maximum Gasteiger partial charge on any atom is 0.425 e. The summed E-state index contributed by atoms with van der Waals surface area (Å²) in [4.78, 5) is 23.8. The van der Waals surface area contributed by atoms with Crippen LogP contribution in [0.5, 0.6) is 0 Å². The van der Waals surface area contributed by atoms with Gasteiger partial charge in [-0.05, 0) is 55.9 Å². The molecule has 2 heterocycles. The minimum Gasteiger partial charge on any atom is -0.481 e. The fraction of sp³-hybridized carbons (Fsp3) is 0.409. The zero-order chi connectivity index (χ0) is 23.8. The van der Waals surface area contributed by atoms with Crippen LogP contribution in [0, 0.1) is 5.92 Å². The summed E-state index contributed by atoms with van der Waals surface area (Å²) < 4.78 is 40.4. The van der Waals surface area contributed by atoms with E-state index in [0.717, 1.165) is 18.9 Å². The third kappa shape index (κ3) is 5.33. The average molecular weight is 500 g/mol. The number of aliphatic carboxylic acids is 1. The van der Waals surface area contributed by atoms with Crippen LogP contribution in [0.4, 0.5) is 13.2 Å². The van der Waals surface area contributed by atoms with Gasteiger partial charge in [-0.2, -0.15) is 18.3 Å². The number of alkyl halides is 3. The van der Waals surface area contributed by atoms with Gasteiger partial charge in [0.15, 0.2) is 0 Å². The van der Waals surface area contributed by atoms with Crippen LogP contribution in [-0.4, -0.2) is 32.8 Å². The molecule has 3 aromatic rings. The summed E-state index contributed by atoms with van der Waals surface area (Å²) in [6.45, 7) is 0.0746. The first-order valence-corrected chi connectivity index (χ1v) is 11.6. The van der Waals surface area contributed by atoms with Crippen molar-refractivity contribution in [2.75, 3.05) is 0 Å². The molecule has 1 aromatic carbocycles. The highest BCUT2D eigenvalue weighted by Gasteiger charge is 2.32. The number of benzene rings is 1. The summed E-state index contributed by atoms with van der Waals surface area (Å²) in [5.74, 6) is -1.01. The van der Waals surface area contributed by atoms with Crippen molar-refractivity contribution >= 4 is 45.7 Å². The third-order valence-electron chi connectivity index (χ3n) is 5.88. The van der Waals surface area contributed by atoms with Crippen molar-refractivity contribution in [1.29, 1.82) is 0 Å². The van der Waals surface area contributed by atoms with Crippen molar-refractivity contribution in [1.82, 2.24) is 15.1 Å². The molecule has 2 aromatic heterocycles. The number of nitrogens with zero attached hydrogens (tertiary/aromatic N) is 2. The van der Waals surface area contributed by atoms with E-state index in [1.807, 2.05) is 0 Å². The number of nitrogens with one attached hydrogen (secondary N) is 1. The molecular weight excluding hydrogens is 479 g/mol. The van der Waals surface area contributed by atoms with Gasteiger partial charge in [0.1, 0.15) is 4.88 Å². The van der Waals surface area contributed by atoms with Crippen molar-refractivity contribution in [3.05, 3.63) is 50.8 Å². The van der Waals surface area contributed by atoms with Gasteiger partial charge in [0.25, 0.3) is 5.91 Å². The van der Waals surface area contributed by atoms with Crippen LogP contribution in [-0.2, 0) is 17.5 Å². The topological polar surface area (TPSA) is 84.2 Å². The minimum atomic E-state index is -4.41. The molecule has 1 aliphatic carbocycles. The lowest BCUT2D eigenvalue weighted by Crippen LogP contribution is -2.38. The predicted octanol–water partition coefficient (Wildman–Crippen LogP) is 5.58. The molecule has 1 aliphatic rings. The Bertz CT molecular complexity index is 1180. The molecule has 6 nitrogen and oxygen atoms in total. The number of fused-ring (bicyclic) bond motifs is 1. The van der Waals surface area contributed by atoms with Gasteiger partial charge >= 0.3 is 12.1 Å². The first kappa shape index (κ1) is 23.6. The molecule has 0 bridgehead atoms. The van der Waals surface area contributed by atoms with Crippen molar-refractivity contribution in [2.24, 2.45) is 5.92 Å². The van der Waals surface area contributed by atoms with Crippen molar-refractivity contribution in [3.63, 3.8) is 0 Å². The molecule has 0 radical (unpaired) electrons. The van der Waals surface area contributed by atoms with E-state index >= 15 is 0 Å². The molecule has 11 heteroatoms. The van der Waals surface area contributed by atoms with Gasteiger partial charge in [0.05, 0.1) is 28.8 Å². The van der Waals surface area contributed by atoms with Crippen molar-refractivity contribution in [2.45, 2.75) is 50.9 Å². The SMILES string of the molecule is O=C(O)CC1CCC(NC(=O)c2ccc(Cl)c3cnn(Cc4ccc(C(F)(F)F)s4)c23)CC1. The van der Waals surface area contributed by atoms with E-state index in [-0.39, 0.29) is 30.8 Å². The Morgan fingerprint density at radius 2 is 1.91 bits per heavy atom. The van der Waals surface area contributed by atoms with Crippen LogP contribution in [0.25, 0.3) is 10.9 Å². The molecule has 0 unspecified atom stereocenters. The number of halogens is 4. The number of rotatable bonds is 6. The van der Waals surface area contributed by atoms with E-state index in [1.54, 1.807) is 12.1 Å². The number of thiophene rings is 1. The lowest BCUT2D eigenvalue weighted by Gasteiger charge is -2.28. The standard InChI is InChI=1S/C22H21ClF3N3O3S/c23-17-7-6-15(21(32)28-13-3-1-12(2-4-13)9-19(30)31)20-16(17)10-27-29(20)11-14-5-8-18(33-14)22(24,25)26/h5-8,10,12-13H,1-4,9,11H2,(H,28,32)(H,30,31). The lowest BCUT2D eigenvalue weighted by molar-refractivity contribution is -0.138. The molecule has 176 valence electrons. The van der Waals surface area contributed by atoms with Crippen LogP contribution in [0.3, 0.4) is 0 Å². The number of hydrogen-bond donors (Lipinski definition) is 2.